The minimum Gasteiger partial charge on any atom is -0.481 e. The monoisotopic (exact) mass is 293 g/mol. The number of benzene rings is 1. The SMILES string of the molecule is CC(CCc1cccc(F)c1)C(=O)N1CCC(C(=O)O)C1. The van der Waals surface area contributed by atoms with E-state index in [-0.39, 0.29) is 17.6 Å². The summed E-state index contributed by atoms with van der Waals surface area (Å²) in [5.41, 5.74) is 0.875. The third-order valence-electron chi connectivity index (χ3n) is 4.03. The number of hydrogen-bond donors (Lipinski definition) is 1. The van der Waals surface area contributed by atoms with Crippen molar-refractivity contribution in [2.75, 3.05) is 13.1 Å². The maximum atomic E-state index is 13.1. The van der Waals surface area contributed by atoms with Gasteiger partial charge in [-0.2, -0.15) is 0 Å². The third-order valence-corrected chi connectivity index (χ3v) is 4.03. The summed E-state index contributed by atoms with van der Waals surface area (Å²) >= 11 is 0. The second kappa shape index (κ2) is 6.70. The largest absolute Gasteiger partial charge is 0.481 e. The molecular formula is C16H20FNO3. The van der Waals surface area contributed by atoms with Crippen molar-refractivity contribution in [1.82, 2.24) is 4.90 Å². The second-order valence-electron chi connectivity index (χ2n) is 5.68. The first-order valence-corrected chi connectivity index (χ1v) is 7.23. The number of likely N-dealkylation sites (tertiary alicyclic amines) is 1. The Morgan fingerprint density at radius 3 is 2.86 bits per heavy atom. The van der Waals surface area contributed by atoms with Gasteiger partial charge in [-0.25, -0.2) is 4.39 Å². The quantitative estimate of drug-likeness (QED) is 0.906. The number of carboxylic acid groups (broad SMARTS) is 1. The fraction of sp³-hybridized carbons (Fsp3) is 0.500. The Hall–Kier alpha value is -1.91. The molecule has 0 spiro atoms. The van der Waals surface area contributed by atoms with Crippen molar-refractivity contribution in [3.63, 3.8) is 0 Å². The van der Waals surface area contributed by atoms with E-state index in [0.717, 1.165) is 5.56 Å². The summed E-state index contributed by atoms with van der Waals surface area (Å²) in [6.07, 6.45) is 1.80. The standard InChI is InChI=1S/C16H20FNO3/c1-11(5-6-12-3-2-4-14(17)9-12)15(19)18-8-7-13(10-18)16(20)21/h2-4,9,11,13H,5-8,10H2,1H3,(H,20,21). The minimum atomic E-state index is -0.835. The van der Waals surface area contributed by atoms with Gasteiger partial charge in [-0.15, -0.1) is 0 Å². The van der Waals surface area contributed by atoms with E-state index < -0.39 is 11.9 Å². The number of carbonyl (C=O) groups is 2. The molecule has 2 rings (SSSR count). The average Bonchev–Trinajstić information content (AvgIpc) is 2.94. The Bertz CT molecular complexity index is 532. The first kappa shape index (κ1) is 15.5. The number of aryl methyl sites for hydroxylation is 1. The third kappa shape index (κ3) is 4.03. The summed E-state index contributed by atoms with van der Waals surface area (Å²) in [6, 6.07) is 6.38. The molecule has 1 N–H and O–H groups in total. The summed E-state index contributed by atoms with van der Waals surface area (Å²) in [5, 5.41) is 8.96. The van der Waals surface area contributed by atoms with Crippen LogP contribution in [0.25, 0.3) is 0 Å². The van der Waals surface area contributed by atoms with Crippen LogP contribution in [0.1, 0.15) is 25.3 Å². The fourth-order valence-corrected chi connectivity index (χ4v) is 2.67. The van der Waals surface area contributed by atoms with Gasteiger partial charge in [0, 0.05) is 19.0 Å². The van der Waals surface area contributed by atoms with E-state index >= 15 is 0 Å². The molecule has 1 heterocycles. The van der Waals surface area contributed by atoms with Crippen molar-refractivity contribution >= 4 is 11.9 Å². The molecule has 21 heavy (non-hydrogen) atoms. The van der Waals surface area contributed by atoms with E-state index in [9.17, 15) is 14.0 Å². The van der Waals surface area contributed by atoms with Crippen molar-refractivity contribution in [2.45, 2.75) is 26.2 Å². The van der Waals surface area contributed by atoms with Gasteiger partial charge in [-0.3, -0.25) is 9.59 Å². The van der Waals surface area contributed by atoms with Crippen LogP contribution in [-0.4, -0.2) is 35.0 Å². The number of rotatable bonds is 5. The molecule has 5 heteroatoms. The predicted octanol–water partition coefficient (Wildman–Crippen LogP) is 2.33. The van der Waals surface area contributed by atoms with Crippen molar-refractivity contribution in [3.05, 3.63) is 35.6 Å². The van der Waals surface area contributed by atoms with Crippen LogP contribution in [0.3, 0.4) is 0 Å². The zero-order chi connectivity index (χ0) is 15.4. The summed E-state index contributed by atoms with van der Waals surface area (Å²) in [7, 11) is 0. The summed E-state index contributed by atoms with van der Waals surface area (Å²) in [4.78, 5) is 24.8. The van der Waals surface area contributed by atoms with E-state index in [2.05, 4.69) is 0 Å². The van der Waals surface area contributed by atoms with Crippen molar-refractivity contribution in [3.8, 4) is 0 Å². The highest BCUT2D eigenvalue weighted by molar-refractivity contribution is 5.80. The van der Waals surface area contributed by atoms with Crippen LogP contribution in [0.5, 0.6) is 0 Å². The number of nitrogens with zero attached hydrogens (tertiary/aromatic N) is 1. The number of hydrogen-bond acceptors (Lipinski definition) is 2. The molecule has 1 aromatic rings. The fourth-order valence-electron chi connectivity index (χ4n) is 2.67. The van der Waals surface area contributed by atoms with Crippen molar-refractivity contribution < 1.29 is 19.1 Å². The first-order chi connectivity index (χ1) is 9.97. The van der Waals surface area contributed by atoms with Crippen LogP contribution in [0, 0.1) is 17.7 Å². The van der Waals surface area contributed by atoms with Gasteiger partial charge in [0.05, 0.1) is 5.92 Å². The zero-order valence-corrected chi connectivity index (χ0v) is 12.1. The maximum Gasteiger partial charge on any atom is 0.308 e. The minimum absolute atomic E-state index is 0.00449. The molecule has 0 saturated carbocycles. The molecule has 1 amide bonds. The highest BCUT2D eigenvalue weighted by Gasteiger charge is 2.32. The molecule has 4 nitrogen and oxygen atoms in total. The summed E-state index contributed by atoms with van der Waals surface area (Å²) < 4.78 is 13.1. The Morgan fingerprint density at radius 1 is 1.48 bits per heavy atom. The van der Waals surface area contributed by atoms with Crippen molar-refractivity contribution in [1.29, 1.82) is 0 Å². The Kier molecular flexibility index (Phi) is 4.94. The molecule has 2 atom stereocenters. The lowest BCUT2D eigenvalue weighted by Gasteiger charge is -2.20. The van der Waals surface area contributed by atoms with Gasteiger partial charge < -0.3 is 10.0 Å². The summed E-state index contributed by atoms with van der Waals surface area (Å²) in [5.74, 6) is -1.73. The first-order valence-electron chi connectivity index (χ1n) is 7.23. The predicted molar refractivity (Wildman–Crippen MR) is 76.2 cm³/mol. The van der Waals surface area contributed by atoms with E-state index in [1.807, 2.05) is 13.0 Å². The number of aliphatic carboxylic acids is 1. The van der Waals surface area contributed by atoms with Crippen LogP contribution >= 0.6 is 0 Å². The lowest BCUT2D eigenvalue weighted by atomic mass is 10.00. The van der Waals surface area contributed by atoms with Gasteiger partial charge in [0.1, 0.15) is 5.82 Å². The molecule has 1 saturated heterocycles. The van der Waals surface area contributed by atoms with Gasteiger partial charge in [0.15, 0.2) is 0 Å². The van der Waals surface area contributed by atoms with E-state index in [1.165, 1.54) is 12.1 Å². The molecule has 2 unspecified atom stereocenters. The molecule has 114 valence electrons. The number of halogens is 1. The second-order valence-corrected chi connectivity index (χ2v) is 5.68. The van der Waals surface area contributed by atoms with Crippen LogP contribution in [-0.2, 0) is 16.0 Å². The van der Waals surface area contributed by atoms with Crippen LogP contribution in [0.4, 0.5) is 4.39 Å². The molecule has 0 aromatic heterocycles. The lowest BCUT2D eigenvalue weighted by Crippen LogP contribution is -2.34. The van der Waals surface area contributed by atoms with Gasteiger partial charge in [0.25, 0.3) is 0 Å². The Morgan fingerprint density at radius 2 is 2.24 bits per heavy atom. The maximum absolute atomic E-state index is 13.1. The number of carboxylic acids is 1. The smallest absolute Gasteiger partial charge is 0.308 e. The average molecular weight is 293 g/mol. The number of carbonyl (C=O) groups excluding carboxylic acids is 1. The Balaban J connectivity index is 1.84. The molecule has 1 aliphatic rings. The molecule has 0 bridgehead atoms. The van der Waals surface area contributed by atoms with E-state index in [4.69, 9.17) is 5.11 Å². The van der Waals surface area contributed by atoms with E-state index in [1.54, 1.807) is 11.0 Å². The molecule has 1 aromatic carbocycles. The van der Waals surface area contributed by atoms with Crippen LogP contribution < -0.4 is 0 Å². The Labute approximate surface area is 123 Å². The molecule has 0 radical (unpaired) electrons. The number of amides is 1. The van der Waals surface area contributed by atoms with Gasteiger partial charge >= 0.3 is 5.97 Å². The molecule has 0 aliphatic carbocycles. The molecule has 1 aliphatic heterocycles. The van der Waals surface area contributed by atoms with Gasteiger partial charge in [0.2, 0.25) is 5.91 Å². The van der Waals surface area contributed by atoms with Crippen molar-refractivity contribution in [2.24, 2.45) is 11.8 Å². The molecule has 1 fully saturated rings. The van der Waals surface area contributed by atoms with Crippen LogP contribution in [0.15, 0.2) is 24.3 Å². The molecular weight excluding hydrogens is 273 g/mol. The zero-order valence-electron chi connectivity index (χ0n) is 12.1. The van der Waals surface area contributed by atoms with E-state index in [0.29, 0.717) is 32.4 Å². The van der Waals surface area contributed by atoms with Gasteiger partial charge in [-0.05, 0) is 37.0 Å². The van der Waals surface area contributed by atoms with Gasteiger partial charge in [-0.1, -0.05) is 19.1 Å². The highest BCUT2D eigenvalue weighted by atomic mass is 19.1. The topological polar surface area (TPSA) is 57.6 Å². The normalized spacial score (nSPS) is 19.5. The lowest BCUT2D eigenvalue weighted by molar-refractivity contribution is -0.141. The van der Waals surface area contributed by atoms with Crippen LogP contribution in [0.2, 0.25) is 0 Å². The summed E-state index contributed by atoms with van der Waals surface area (Å²) in [6.45, 7) is 2.66. The highest BCUT2D eigenvalue weighted by Crippen LogP contribution is 2.20.